The first-order valence-corrected chi connectivity index (χ1v) is 14.8. The molecule has 0 aliphatic rings. The number of hydrogen-bond donors (Lipinski definition) is 3. The smallest absolute Gasteiger partial charge is 0.267 e. The maximum atomic E-state index is 12.2. The average Bonchev–Trinajstić information content (AvgIpc) is 2.77. The molecule has 34 heavy (non-hydrogen) atoms. The first-order chi connectivity index (χ1) is 16.3. The Kier molecular flexibility index (Phi) is 21.1. The van der Waals surface area contributed by atoms with Crippen molar-refractivity contribution < 1.29 is 22.9 Å². The summed E-state index contributed by atoms with van der Waals surface area (Å²) in [6, 6.07) is -1.07. The summed E-state index contributed by atoms with van der Waals surface area (Å²) in [4.78, 5) is 12.2. The second-order valence-corrected chi connectivity index (χ2v) is 10.4. The van der Waals surface area contributed by atoms with Crippen LogP contribution in [-0.4, -0.2) is 41.9 Å². The van der Waals surface area contributed by atoms with Gasteiger partial charge in [0, 0.05) is 6.42 Å². The highest BCUT2D eigenvalue weighted by molar-refractivity contribution is 7.85. The molecule has 2 unspecified atom stereocenters. The van der Waals surface area contributed by atoms with Crippen LogP contribution < -0.4 is 5.32 Å². The van der Waals surface area contributed by atoms with Gasteiger partial charge in [-0.2, -0.15) is 8.42 Å². The number of nitrogens with one attached hydrogen (secondary N) is 1. The van der Waals surface area contributed by atoms with Gasteiger partial charge >= 0.3 is 0 Å². The van der Waals surface area contributed by atoms with Crippen molar-refractivity contribution >= 4 is 16.0 Å². The fourth-order valence-electron chi connectivity index (χ4n) is 3.54. The van der Waals surface area contributed by atoms with Crippen molar-refractivity contribution in [2.75, 3.05) is 5.75 Å². The van der Waals surface area contributed by atoms with Crippen LogP contribution in [0, 0.1) is 0 Å². The van der Waals surface area contributed by atoms with Gasteiger partial charge in [0.15, 0.2) is 0 Å². The molecule has 0 aliphatic heterocycles. The average molecular weight is 500 g/mol. The minimum absolute atomic E-state index is 0.284. The Balaban J connectivity index is 4.31. The number of unbranched alkanes of at least 4 members (excludes halogenated alkanes) is 10. The molecule has 0 bridgehead atoms. The fourth-order valence-corrected chi connectivity index (χ4v) is 4.28. The molecule has 3 N–H and O–H groups in total. The molecule has 0 aromatic rings. The lowest BCUT2D eigenvalue weighted by Crippen LogP contribution is -2.46. The van der Waals surface area contributed by atoms with E-state index < -0.39 is 28.0 Å². The Morgan fingerprint density at radius 3 is 1.79 bits per heavy atom. The molecular formula is C27H49NO5S. The topological polar surface area (TPSA) is 104 Å². The standard InChI is InChI=1S/C27H49NO5S/c1-3-5-7-9-11-13-14-15-16-18-20-22-26(29)25(24-34(31,32)33)28-27(30)23-21-19-17-12-10-8-6-4-2/h7,9,14-15,20,22,25-26,29H,3-6,8,10-13,16-19,21,23-24H2,1-2H3,(H,28,30)(H,31,32,33)/b9-7+,15-14+,22-20+. The predicted octanol–water partition coefficient (Wildman–Crippen LogP) is 6.28. The van der Waals surface area contributed by atoms with E-state index in [9.17, 15) is 22.9 Å². The van der Waals surface area contributed by atoms with Crippen LogP contribution in [0.15, 0.2) is 36.5 Å². The molecule has 0 heterocycles. The van der Waals surface area contributed by atoms with Crippen molar-refractivity contribution in [3.05, 3.63) is 36.5 Å². The van der Waals surface area contributed by atoms with Gasteiger partial charge in [0.1, 0.15) is 0 Å². The summed E-state index contributed by atoms with van der Waals surface area (Å²) in [5, 5.41) is 13.0. The maximum absolute atomic E-state index is 12.2. The van der Waals surface area contributed by atoms with E-state index in [0.29, 0.717) is 6.42 Å². The van der Waals surface area contributed by atoms with Crippen LogP contribution >= 0.6 is 0 Å². The van der Waals surface area contributed by atoms with E-state index >= 15 is 0 Å². The number of rotatable bonds is 22. The lowest BCUT2D eigenvalue weighted by atomic mass is 10.1. The lowest BCUT2D eigenvalue weighted by molar-refractivity contribution is -0.122. The third kappa shape index (κ3) is 22.4. The fraction of sp³-hybridized carbons (Fsp3) is 0.741. The Morgan fingerprint density at radius 1 is 0.765 bits per heavy atom. The highest BCUT2D eigenvalue weighted by atomic mass is 32.2. The molecule has 0 aromatic heterocycles. The molecule has 0 rings (SSSR count). The summed E-state index contributed by atoms with van der Waals surface area (Å²) in [5.74, 6) is -1.02. The van der Waals surface area contributed by atoms with Crippen LogP contribution in [0.25, 0.3) is 0 Å². The van der Waals surface area contributed by atoms with E-state index in [-0.39, 0.29) is 12.3 Å². The van der Waals surface area contributed by atoms with Crippen LogP contribution in [-0.2, 0) is 14.9 Å². The van der Waals surface area contributed by atoms with Crippen LogP contribution in [0.4, 0.5) is 0 Å². The normalized spacial score (nSPS) is 14.4. The Labute approximate surface area is 208 Å². The minimum Gasteiger partial charge on any atom is -0.387 e. The van der Waals surface area contributed by atoms with Crippen LogP contribution in [0.2, 0.25) is 0 Å². The van der Waals surface area contributed by atoms with Crippen molar-refractivity contribution in [2.24, 2.45) is 0 Å². The second kappa shape index (κ2) is 22.1. The number of carbonyl (C=O) groups excluding carboxylic acids is 1. The molecule has 0 spiro atoms. The summed E-state index contributed by atoms with van der Waals surface area (Å²) < 4.78 is 31.9. The monoisotopic (exact) mass is 499 g/mol. The SMILES string of the molecule is CCC/C=C/CC/C=C/CC/C=C/C(O)C(CS(=O)(=O)O)NC(=O)CCCCCCCCCC. The molecule has 7 heteroatoms. The quantitative estimate of drug-likeness (QED) is 0.0924. The molecular weight excluding hydrogens is 450 g/mol. The molecule has 0 aromatic carbocycles. The van der Waals surface area contributed by atoms with Gasteiger partial charge in [-0.15, -0.1) is 0 Å². The number of amides is 1. The van der Waals surface area contributed by atoms with E-state index in [4.69, 9.17) is 0 Å². The van der Waals surface area contributed by atoms with Crippen molar-refractivity contribution in [1.82, 2.24) is 5.32 Å². The highest BCUT2D eigenvalue weighted by Crippen LogP contribution is 2.10. The third-order valence-electron chi connectivity index (χ3n) is 5.53. The van der Waals surface area contributed by atoms with Crippen LogP contribution in [0.1, 0.15) is 110 Å². The minimum atomic E-state index is -4.33. The number of aliphatic hydroxyl groups is 1. The zero-order chi connectivity index (χ0) is 25.5. The van der Waals surface area contributed by atoms with E-state index in [1.54, 1.807) is 6.08 Å². The van der Waals surface area contributed by atoms with Crippen molar-refractivity contribution in [3.63, 3.8) is 0 Å². The number of allylic oxidation sites excluding steroid dienone is 5. The number of hydrogen-bond acceptors (Lipinski definition) is 4. The van der Waals surface area contributed by atoms with Crippen LogP contribution in [0.3, 0.4) is 0 Å². The number of aliphatic hydroxyl groups excluding tert-OH is 1. The summed E-state index contributed by atoms with van der Waals surface area (Å²) >= 11 is 0. The molecule has 1 amide bonds. The molecule has 2 atom stereocenters. The first-order valence-electron chi connectivity index (χ1n) is 13.2. The Hall–Kier alpha value is -1.44. The summed E-state index contributed by atoms with van der Waals surface area (Å²) in [6.45, 7) is 4.35. The molecule has 0 radical (unpaired) electrons. The van der Waals surface area contributed by atoms with Gasteiger partial charge in [0.05, 0.1) is 17.9 Å². The first kappa shape index (κ1) is 32.6. The van der Waals surface area contributed by atoms with Gasteiger partial charge in [-0.1, -0.05) is 102 Å². The third-order valence-corrected chi connectivity index (χ3v) is 6.31. The zero-order valence-corrected chi connectivity index (χ0v) is 22.3. The maximum Gasteiger partial charge on any atom is 0.267 e. The molecule has 0 aliphatic carbocycles. The molecule has 0 saturated heterocycles. The second-order valence-electron chi connectivity index (χ2n) is 8.95. The van der Waals surface area contributed by atoms with E-state index in [1.807, 2.05) is 0 Å². The van der Waals surface area contributed by atoms with Gasteiger partial charge in [-0.05, 0) is 38.5 Å². The van der Waals surface area contributed by atoms with E-state index in [0.717, 1.165) is 44.9 Å². The molecule has 6 nitrogen and oxygen atoms in total. The van der Waals surface area contributed by atoms with Gasteiger partial charge in [0.25, 0.3) is 10.1 Å². The van der Waals surface area contributed by atoms with E-state index in [1.165, 1.54) is 44.6 Å². The highest BCUT2D eigenvalue weighted by Gasteiger charge is 2.24. The number of carbonyl (C=O) groups is 1. The van der Waals surface area contributed by atoms with Crippen molar-refractivity contribution in [3.8, 4) is 0 Å². The summed E-state index contributed by atoms with van der Waals surface area (Å²) in [6.07, 6.45) is 25.7. The summed E-state index contributed by atoms with van der Waals surface area (Å²) in [5.41, 5.74) is 0. The van der Waals surface area contributed by atoms with Gasteiger partial charge in [-0.25, -0.2) is 0 Å². The molecule has 0 fully saturated rings. The zero-order valence-electron chi connectivity index (χ0n) is 21.5. The predicted molar refractivity (Wildman–Crippen MR) is 142 cm³/mol. The van der Waals surface area contributed by atoms with Crippen molar-refractivity contribution in [2.45, 2.75) is 122 Å². The molecule has 0 saturated carbocycles. The van der Waals surface area contributed by atoms with E-state index in [2.05, 4.69) is 43.5 Å². The van der Waals surface area contributed by atoms with Crippen molar-refractivity contribution in [1.29, 1.82) is 0 Å². The van der Waals surface area contributed by atoms with Crippen LogP contribution in [0.5, 0.6) is 0 Å². The summed E-state index contributed by atoms with van der Waals surface area (Å²) in [7, 11) is -4.33. The van der Waals surface area contributed by atoms with Gasteiger partial charge < -0.3 is 10.4 Å². The van der Waals surface area contributed by atoms with Gasteiger partial charge in [0.2, 0.25) is 5.91 Å². The lowest BCUT2D eigenvalue weighted by Gasteiger charge is -2.21. The Bertz CT molecular complexity index is 685. The van der Waals surface area contributed by atoms with Gasteiger partial charge in [-0.3, -0.25) is 9.35 Å². The molecule has 198 valence electrons. The Morgan fingerprint density at radius 2 is 1.26 bits per heavy atom. The largest absolute Gasteiger partial charge is 0.387 e.